The van der Waals surface area contributed by atoms with Crippen LogP contribution in [-0.4, -0.2) is 87.5 Å². The Kier molecular flexibility index (Phi) is 12.8. The van der Waals surface area contributed by atoms with Gasteiger partial charge in [-0.05, 0) is 47.1 Å². The van der Waals surface area contributed by atoms with Crippen molar-refractivity contribution in [2.75, 3.05) is 19.6 Å². The van der Waals surface area contributed by atoms with E-state index < -0.39 is 53.7 Å². The molecule has 0 aliphatic heterocycles. The number of aromatic hydroxyl groups is 2. The summed E-state index contributed by atoms with van der Waals surface area (Å²) in [5.41, 5.74) is 0.221. The van der Waals surface area contributed by atoms with Crippen molar-refractivity contribution in [3.05, 3.63) is 48.0 Å². The second kappa shape index (κ2) is 16.0. The van der Waals surface area contributed by atoms with Crippen molar-refractivity contribution in [2.24, 2.45) is 0 Å². The van der Waals surface area contributed by atoms with E-state index in [1.165, 1.54) is 4.90 Å². The first-order chi connectivity index (χ1) is 20.1. The highest BCUT2D eigenvalue weighted by atomic mass is 16.7. The van der Waals surface area contributed by atoms with Gasteiger partial charge in [0, 0.05) is 56.4 Å². The maximum absolute atomic E-state index is 13.2. The van der Waals surface area contributed by atoms with Gasteiger partial charge in [0.2, 0.25) is 11.8 Å². The van der Waals surface area contributed by atoms with Gasteiger partial charge in [-0.3, -0.25) is 0 Å². The van der Waals surface area contributed by atoms with Crippen LogP contribution in [0.5, 0.6) is 11.8 Å². The lowest BCUT2D eigenvalue weighted by molar-refractivity contribution is 0.0508. The molecule has 0 saturated heterocycles. The molecule has 15 nitrogen and oxygen atoms in total. The van der Waals surface area contributed by atoms with Gasteiger partial charge in [0.15, 0.2) is 0 Å². The number of benzene rings is 1. The molecular weight excluding hydrogens is 562 g/mol. The summed E-state index contributed by atoms with van der Waals surface area (Å²) in [6.45, 7) is 10.9. The maximum Gasteiger partial charge on any atom is 0.432 e. The first-order valence-electron chi connectivity index (χ1n) is 13.8. The van der Waals surface area contributed by atoms with Crippen LogP contribution in [0.3, 0.4) is 0 Å². The van der Waals surface area contributed by atoms with Crippen LogP contribution < -0.4 is 31.4 Å². The van der Waals surface area contributed by atoms with Gasteiger partial charge >= 0.3 is 24.2 Å². The van der Waals surface area contributed by atoms with E-state index in [0.717, 1.165) is 17.7 Å². The Hall–Kier alpha value is -4.82. The van der Waals surface area contributed by atoms with E-state index in [1.807, 2.05) is 30.3 Å². The summed E-state index contributed by atoms with van der Waals surface area (Å²) < 4.78 is 5.75. The minimum absolute atomic E-state index is 0.00635. The van der Waals surface area contributed by atoms with Crippen LogP contribution in [0.25, 0.3) is 0 Å². The lowest BCUT2D eigenvalue weighted by Gasteiger charge is -2.30. The highest BCUT2D eigenvalue weighted by Crippen LogP contribution is 2.18. The number of amides is 6. The molecule has 238 valence electrons. The molecule has 2 aromatic rings. The first kappa shape index (κ1) is 34.4. The molecule has 15 heteroatoms. The number of carbonyl (C=O) groups is 4. The zero-order valence-corrected chi connectivity index (χ0v) is 25.3. The summed E-state index contributed by atoms with van der Waals surface area (Å²) in [6, 6.07) is 9.33. The molecule has 0 bridgehead atoms. The van der Waals surface area contributed by atoms with Gasteiger partial charge in [-0.2, -0.15) is 0 Å². The fraction of sp³-hybridized carbons (Fsp3) is 0.500. The molecular formula is C28H43N7O8. The number of ether oxygens (including phenoxy) is 1. The Bertz CT molecular complexity index is 1200. The van der Waals surface area contributed by atoms with Crippen LogP contribution in [0.4, 0.5) is 19.2 Å². The van der Waals surface area contributed by atoms with E-state index >= 15 is 0 Å². The Balaban J connectivity index is 1.87. The maximum atomic E-state index is 13.2. The van der Waals surface area contributed by atoms with Crippen LogP contribution in [0.2, 0.25) is 0 Å². The molecule has 0 fully saturated rings. The first-order valence-corrected chi connectivity index (χ1v) is 13.8. The topological polar surface area (TPSA) is 196 Å². The Morgan fingerprint density at radius 3 is 2.00 bits per heavy atom. The summed E-state index contributed by atoms with van der Waals surface area (Å²) in [5.74, 6) is -0.927. The zero-order chi connectivity index (χ0) is 32.2. The Morgan fingerprint density at radius 2 is 1.40 bits per heavy atom. The highest BCUT2D eigenvalue weighted by Gasteiger charge is 2.23. The van der Waals surface area contributed by atoms with Crippen LogP contribution >= 0.6 is 0 Å². The molecule has 7 N–H and O–H groups in total. The van der Waals surface area contributed by atoms with Crippen molar-refractivity contribution in [3.63, 3.8) is 0 Å². The van der Waals surface area contributed by atoms with Gasteiger partial charge in [0.25, 0.3) is 0 Å². The van der Waals surface area contributed by atoms with E-state index in [4.69, 9.17) is 9.57 Å². The van der Waals surface area contributed by atoms with Crippen LogP contribution in [0.1, 0.15) is 47.1 Å². The average Bonchev–Trinajstić information content (AvgIpc) is 3.23. The summed E-state index contributed by atoms with van der Waals surface area (Å²) in [5, 5.41) is 32.6. The van der Waals surface area contributed by atoms with Gasteiger partial charge in [0.1, 0.15) is 5.60 Å². The van der Waals surface area contributed by atoms with Gasteiger partial charge in [-0.25, -0.2) is 19.2 Å². The molecule has 1 heterocycles. The van der Waals surface area contributed by atoms with Crippen molar-refractivity contribution in [1.82, 2.24) is 36.2 Å². The lowest BCUT2D eigenvalue weighted by atomic mass is 10.2. The molecule has 1 aromatic carbocycles. The molecule has 43 heavy (non-hydrogen) atoms. The molecule has 0 unspecified atom stereocenters. The average molecular weight is 606 g/mol. The number of urea groups is 2. The van der Waals surface area contributed by atoms with Crippen LogP contribution in [0, 0.1) is 0 Å². The quantitative estimate of drug-likeness (QED) is 0.191. The summed E-state index contributed by atoms with van der Waals surface area (Å²) in [4.78, 5) is 56.0. The number of hydrogen-bond donors (Lipinski definition) is 7. The SMILES string of the molecule is C[C@H](CNC(=O)N(Cc1ccccc1)[C@@H](C)CNC(=O)On1c(O)ccc1O)NC(=O)NC[C@H](C)NC(=O)OC(C)(C)C. The predicted octanol–water partition coefficient (Wildman–Crippen LogP) is 2.24. The molecule has 0 radical (unpaired) electrons. The number of rotatable bonds is 12. The van der Waals surface area contributed by atoms with Crippen molar-refractivity contribution < 1.29 is 39.0 Å². The summed E-state index contributed by atoms with van der Waals surface area (Å²) >= 11 is 0. The third-order valence-electron chi connectivity index (χ3n) is 5.77. The van der Waals surface area contributed by atoms with Gasteiger partial charge < -0.3 is 51.3 Å². The zero-order valence-electron chi connectivity index (χ0n) is 25.3. The van der Waals surface area contributed by atoms with E-state index in [1.54, 1.807) is 41.5 Å². The molecule has 1 aromatic heterocycles. The van der Waals surface area contributed by atoms with Crippen LogP contribution in [0.15, 0.2) is 42.5 Å². The third kappa shape index (κ3) is 12.7. The smallest absolute Gasteiger partial charge is 0.432 e. The second-order valence-electron chi connectivity index (χ2n) is 11.1. The van der Waals surface area contributed by atoms with Crippen molar-refractivity contribution in [2.45, 2.75) is 71.8 Å². The highest BCUT2D eigenvalue weighted by molar-refractivity contribution is 5.76. The third-order valence-corrected chi connectivity index (χ3v) is 5.77. The minimum Gasteiger partial charge on any atom is -0.492 e. The number of hydrogen-bond acceptors (Lipinski definition) is 8. The standard InChI is InChI=1S/C28H43N7O8/c1-18(32-24(38)29-14-19(2)33-27(41)42-28(4,5)6)15-30-25(39)34(17-21-10-8-7-9-11-21)20(3)16-31-26(40)43-35-22(36)12-13-23(35)37/h7-13,18-20,36-37H,14-17H2,1-6H3,(H,30,39)(H,31,40)(H,33,41)(H2,29,32,38)/t18-,19+,20+/m1/s1. The fourth-order valence-corrected chi connectivity index (χ4v) is 3.63. The second-order valence-corrected chi connectivity index (χ2v) is 11.1. The fourth-order valence-electron chi connectivity index (χ4n) is 3.63. The van der Waals surface area contributed by atoms with Crippen molar-refractivity contribution in [1.29, 1.82) is 0 Å². The molecule has 0 aliphatic rings. The monoisotopic (exact) mass is 605 g/mol. The predicted molar refractivity (Wildman–Crippen MR) is 157 cm³/mol. The summed E-state index contributed by atoms with van der Waals surface area (Å²) in [7, 11) is 0. The molecule has 2 rings (SSSR count). The van der Waals surface area contributed by atoms with Crippen molar-refractivity contribution in [3.8, 4) is 11.8 Å². The molecule has 0 aliphatic carbocycles. The van der Waals surface area contributed by atoms with Gasteiger partial charge in [0.05, 0.1) is 0 Å². The van der Waals surface area contributed by atoms with E-state index in [9.17, 15) is 29.4 Å². The molecule has 0 saturated carbocycles. The van der Waals surface area contributed by atoms with Gasteiger partial charge in [-0.1, -0.05) is 30.3 Å². The summed E-state index contributed by atoms with van der Waals surface area (Å²) in [6.07, 6.45) is -1.53. The molecule has 3 atom stereocenters. The van der Waals surface area contributed by atoms with Crippen LogP contribution in [-0.2, 0) is 11.3 Å². The van der Waals surface area contributed by atoms with Crippen molar-refractivity contribution >= 4 is 24.2 Å². The minimum atomic E-state index is -0.951. The normalized spacial score (nSPS) is 13.1. The van der Waals surface area contributed by atoms with E-state index in [-0.39, 0.29) is 32.2 Å². The molecule has 6 amide bonds. The number of alkyl carbamates (subject to hydrolysis) is 1. The number of nitrogens with zero attached hydrogens (tertiary/aromatic N) is 2. The number of nitrogens with one attached hydrogen (secondary N) is 5. The lowest BCUT2D eigenvalue weighted by Crippen LogP contribution is -2.53. The van der Waals surface area contributed by atoms with E-state index in [2.05, 4.69) is 26.6 Å². The number of aromatic nitrogens is 1. The molecule has 0 spiro atoms. The van der Waals surface area contributed by atoms with E-state index in [0.29, 0.717) is 4.73 Å². The largest absolute Gasteiger partial charge is 0.492 e. The van der Waals surface area contributed by atoms with Gasteiger partial charge in [-0.15, -0.1) is 4.73 Å². The number of carbonyl (C=O) groups excluding carboxylic acids is 4. The Morgan fingerprint density at radius 1 is 0.814 bits per heavy atom. The Labute approximate surface area is 250 Å².